The van der Waals surface area contributed by atoms with Crippen molar-refractivity contribution in [3.8, 4) is 11.5 Å². The molecular formula is C24H23F2NO6. The number of carboxylic acids is 1. The van der Waals surface area contributed by atoms with E-state index in [2.05, 4.69) is 14.8 Å². The number of aromatic carboxylic acids is 1. The molecule has 33 heavy (non-hydrogen) atoms. The normalized spacial score (nSPS) is 24.2. The fourth-order valence-electron chi connectivity index (χ4n) is 4.54. The Morgan fingerprint density at radius 2 is 1.79 bits per heavy atom. The van der Waals surface area contributed by atoms with Crippen LogP contribution in [0, 0.1) is 0 Å². The van der Waals surface area contributed by atoms with Gasteiger partial charge in [-0.15, -0.1) is 8.78 Å². The molecule has 0 radical (unpaired) electrons. The molecule has 2 heterocycles. The number of hydrogen-bond acceptors (Lipinski definition) is 5. The SMILES string of the molecule is O=C(O)c1ccc(C[C@H]2C[C@H](NC(=O)C3(c4ccc5c(c4)OC(F)(F)O5)CC3)CCO2)cc1. The maximum atomic E-state index is 13.3. The molecule has 9 heteroatoms. The standard InChI is InChI=1S/C24H23F2NO6/c25-24(26)32-19-6-5-16(12-20(19)33-24)23(8-9-23)22(30)27-17-7-10-31-18(13-17)11-14-1-3-15(4-2-14)21(28)29/h1-6,12,17-18H,7-11,13H2,(H,27,30)(H,28,29)/t17-,18+/m1/s1. The third-order valence-corrected chi connectivity index (χ3v) is 6.51. The number of alkyl halides is 2. The number of ether oxygens (including phenoxy) is 3. The van der Waals surface area contributed by atoms with Gasteiger partial charge in [0.2, 0.25) is 5.91 Å². The maximum Gasteiger partial charge on any atom is 0.586 e. The molecule has 1 amide bonds. The average molecular weight is 459 g/mol. The van der Waals surface area contributed by atoms with E-state index in [0.29, 0.717) is 44.3 Å². The van der Waals surface area contributed by atoms with Crippen molar-refractivity contribution in [1.29, 1.82) is 0 Å². The number of amides is 1. The zero-order chi connectivity index (χ0) is 23.2. The summed E-state index contributed by atoms with van der Waals surface area (Å²) in [6.45, 7) is 0.509. The Hall–Kier alpha value is -3.20. The van der Waals surface area contributed by atoms with Crippen molar-refractivity contribution >= 4 is 11.9 Å². The van der Waals surface area contributed by atoms with Crippen molar-refractivity contribution in [2.45, 2.75) is 56.0 Å². The summed E-state index contributed by atoms with van der Waals surface area (Å²) in [5.74, 6) is -1.19. The van der Waals surface area contributed by atoms with Crippen LogP contribution < -0.4 is 14.8 Å². The van der Waals surface area contributed by atoms with Gasteiger partial charge in [-0.1, -0.05) is 18.2 Å². The second-order valence-electron chi connectivity index (χ2n) is 8.80. The first-order valence-corrected chi connectivity index (χ1v) is 10.9. The van der Waals surface area contributed by atoms with Crippen LogP contribution in [0.15, 0.2) is 42.5 Å². The van der Waals surface area contributed by atoms with Gasteiger partial charge in [0.1, 0.15) is 0 Å². The lowest BCUT2D eigenvalue weighted by atomic mass is 9.92. The number of nitrogens with one attached hydrogen (secondary N) is 1. The lowest BCUT2D eigenvalue weighted by molar-refractivity contribution is -0.286. The van der Waals surface area contributed by atoms with E-state index in [9.17, 15) is 18.4 Å². The van der Waals surface area contributed by atoms with E-state index < -0.39 is 17.7 Å². The molecule has 2 aliphatic heterocycles. The lowest BCUT2D eigenvalue weighted by Crippen LogP contribution is -2.46. The first kappa shape index (κ1) is 21.6. The lowest BCUT2D eigenvalue weighted by Gasteiger charge is -2.31. The highest BCUT2D eigenvalue weighted by molar-refractivity contribution is 5.91. The summed E-state index contributed by atoms with van der Waals surface area (Å²) in [5.41, 5.74) is 1.10. The van der Waals surface area contributed by atoms with Gasteiger partial charge >= 0.3 is 12.3 Å². The van der Waals surface area contributed by atoms with Crippen molar-refractivity contribution in [2.24, 2.45) is 0 Å². The summed E-state index contributed by atoms with van der Waals surface area (Å²) in [6.07, 6.45) is -0.574. The number of fused-ring (bicyclic) bond motifs is 1. The van der Waals surface area contributed by atoms with E-state index in [1.54, 1.807) is 30.3 Å². The molecular weight excluding hydrogens is 436 g/mol. The number of carboxylic acid groups (broad SMARTS) is 1. The van der Waals surface area contributed by atoms with Crippen LogP contribution >= 0.6 is 0 Å². The maximum absolute atomic E-state index is 13.3. The number of carbonyl (C=O) groups excluding carboxylic acids is 1. The molecule has 1 saturated heterocycles. The van der Waals surface area contributed by atoms with Crippen molar-refractivity contribution in [2.75, 3.05) is 6.61 Å². The minimum absolute atomic E-state index is 0.0383. The van der Waals surface area contributed by atoms with E-state index in [-0.39, 0.29) is 35.1 Å². The molecule has 0 bridgehead atoms. The summed E-state index contributed by atoms with van der Waals surface area (Å²) in [7, 11) is 0. The van der Waals surface area contributed by atoms with Crippen LogP contribution in [0.5, 0.6) is 11.5 Å². The molecule has 0 unspecified atom stereocenters. The van der Waals surface area contributed by atoms with Crippen molar-refractivity contribution in [1.82, 2.24) is 5.32 Å². The number of carbonyl (C=O) groups is 2. The first-order valence-electron chi connectivity index (χ1n) is 10.9. The molecule has 2 fully saturated rings. The van der Waals surface area contributed by atoms with Crippen LogP contribution in [0.4, 0.5) is 8.78 Å². The molecule has 3 aliphatic rings. The predicted octanol–water partition coefficient (Wildman–Crippen LogP) is 3.64. The average Bonchev–Trinajstić information content (AvgIpc) is 3.51. The monoisotopic (exact) mass is 459 g/mol. The molecule has 2 N–H and O–H groups in total. The van der Waals surface area contributed by atoms with Gasteiger partial charge in [-0.3, -0.25) is 4.79 Å². The second kappa shape index (κ2) is 7.98. The van der Waals surface area contributed by atoms with Crippen molar-refractivity contribution in [3.63, 3.8) is 0 Å². The fraction of sp³-hybridized carbons (Fsp3) is 0.417. The summed E-state index contributed by atoms with van der Waals surface area (Å²) >= 11 is 0. The van der Waals surface area contributed by atoms with E-state index >= 15 is 0 Å². The Morgan fingerprint density at radius 3 is 2.48 bits per heavy atom. The molecule has 1 saturated carbocycles. The molecule has 174 valence electrons. The van der Waals surface area contributed by atoms with E-state index in [1.165, 1.54) is 12.1 Å². The second-order valence-corrected chi connectivity index (χ2v) is 8.80. The van der Waals surface area contributed by atoms with Crippen LogP contribution in [-0.2, 0) is 21.4 Å². The van der Waals surface area contributed by atoms with Gasteiger partial charge in [-0.2, -0.15) is 0 Å². The molecule has 0 spiro atoms. The molecule has 1 aliphatic carbocycles. The van der Waals surface area contributed by atoms with Gasteiger partial charge in [0.05, 0.1) is 17.1 Å². The van der Waals surface area contributed by atoms with Crippen LogP contribution in [0.2, 0.25) is 0 Å². The quantitative estimate of drug-likeness (QED) is 0.685. The third kappa shape index (κ3) is 4.37. The Bertz CT molecular complexity index is 1080. The summed E-state index contributed by atoms with van der Waals surface area (Å²) in [5, 5.41) is 12.2. The molecule has 2 atom stereocenters. The molecule has 7 nitrogen and oxygen atoms in total. The number of benzene rings is 2. The van der Waals surface area contributed by atoms with Crippen molar-refractivity contribution < 1.29 is 37.7 Å². The number of hydrogen-bond donors (Lipinski definition) is 2. The van der Waals surface area contributed by atoms with Crippen LogP contribution in [-0.4, -0.2) is 42.0 Å². The smallest absolute Gasteiger partial charge is 0.478 e. The zero-order valence-corrected chi connectivity index (χ0v) is 17.7. The van der Waals surface area contributed by atoms with Crippen molar-refractivity contribution in [3.05, 3.63) is 59.2 Å². The largest absolute Gasteiger partial charge is 0.586 e. The molecule has 5 rings (SSSR count). The van der Waals surface area contributed by atoms with E-state index in [4.69, 9.17) is 9.84 Å². The van der Waals surface area contributed by atoms with Crippen LogP contribution in [0.1, 0.15) is 47.2 Å². The third-order valence-electron chi connectivity index (χ3n) is 6.51. The van der Waals surface area contributed by atoms with Gasteiger partial charge in [0.15, 0.2) is 11.5 Å². The minimum atomic E-state index is -3.69. The summed E-state index contributed by atoms with van der Waals surface area (Å²) < 4.78 is 41.5. The van der Waals surface area contributed by atoms with Crippen LogP contribution in [0.3, 0.4) is 0 Å². The highest BCUT2D eigenvalue weighted by Crippen LogP contribution is 2.52. The topological polar surface area (TPSA) is 94.1 Å². The van der Waals surface area contributed by atoms with Gasteiger partial charge < -0.3 is 24.6 Å². The van der Waals surface area contributed by atoms with Gasteiger partial charge in [-0.05, 0) is 67.5 Å². The van der Waals surface area contributed by atoms with E-state index in [0.717, 1.165) is 5.56 Å². The summed E-state index contributed by atoms with van der Waals surface area (Å²) in [4.78, 5) is 24.2. The number of rotatable bonds is 6. The summed E-state index contributed by atoms with van der Waals surface area (Å²) in [6, 6.07) is 11.1. The zero-order valence-electron chi connectivity index (χ0n) is 17.7. The minimum Gasteiger partial charge on any atom is -0.478 e. The van der Waals surface area contributed by atoms with Gasteiger partial charge in [-0.25, -0.2) is 4.79 Å². The first-order chi connectivity index (χ1) is 15.7. The number of halogens is 2. The van der Waals surface area contributed by atoms with E-state index in [1.807, 2.05) is 0 Å². The Labute approximate surface area is 188 Å². The molecule has 0 aromatic heterocycles. The predicted molar refractivity (Wildman–Crippen MR) is 112 cm³/mol. The molecule has 2 aromatic carbocycles. The highest BCUT2D eigenvalue weighted by atomic mass is 19.3. The molecule has 2 aromatic rings. The van der Waals surface area contributed by atoms with Gasteiger partial charge in [0.25, 0.3) is 0 Å². The fourth-order valence-corrected chi connectivity index (χ4v) is 4.54. The Balaban J connectivity index is 1.21. The van der Waals surface area contributed by atoms with Crippen LogP contribution in [0.25, 0.3) is 0 Å². The Morgan fingerprint density at radius 1 is 1.06 bits per heavy atom. The highest BCUT2D eigenvalue weighted by Gasteiger charge is 2.53. The Kier molecular flexibility index (Phi) is 5.23. The van der Waals surface area contributed by atoms with Gasteiger partial charge in [0, 0.05) is 12.6 Å².